The predicted octanol–water partition coefficient (Wildman–Crippen LogP) is 3.77. The van der Waals surface area contributed by atoms with Crippen LogP contribution in [0.15, 0.2) is 24.3 Å². The molecule has 1 unspecified atom stereocenters. The van der Waals surface area contributed by atoms with E-state index in [1.54, 1.807) is 0 Å². The van der Waals surface area contributed by atoms with Gasteiger partial charge in [-0.3, -0.25) is 9.59 Å². The number of hydrogen-bond acceptors (Lipinski definition) is 3. The zero-order chi connectivity index (χ0) is 18.8. The van der Waals surface area contributed by atoms with E-state index in [1.807, 2.05) is 0 Å². The molecule has 0 heterocycles. The van der Waals surface area contributed by atoms with Crippen LogP contribution < -0.4 is 10.1 Å². The molecule has 1 atom stereocenters. The first-order valence-electron chi connectivity index (χ1n) is 7.50. The Bertz CT molecular complexity index is 655. The van der Waals surface area contributed by atoms with Gasteiger partial charge in [0, 0.05) is 0 Å². The highest BCUT2D eigenvalue weighted by Gasteiger charge is 2.57. The Morgan fingerprint density at radius 3 is 2.44 bits per heavy atom. The monoisotopic (exact) mass is 365 g/mol. The van der Waals surface area contributed by atoms with Crippen LogP contribution in [0.5, 0.6) is 5.75 Å². The van der Waals surface area contributed by atoms with Gasteiger partial charge in [-0.2, -0.15) is 0 Å². The maximum atomic E-state index is 12.8. The largest absolute Gasteiger partial charge is 0.573 e. The van der Waals surface area contributed by atoms with E-state index in [-0.39, 0.29) is 12.8 Å². The third-order valence-corrected chi connectivity index (χ3v) is 4.05. The van der Waals surface area contributed by atoms with Crippen molar-refractivity contribution in [1.82, 2.24) is 5.32 Å². The van der Waals surface area contributed by atoms with Gasteiger partial charge in [0.15, 0.2) is 5.78 Å². The van der Waals surface area contributed by atoms with E-state index in [0.717, 1.165) is 12.1 Å². The molecular formula is C16H16F5NO3. The first-order valence-corrected chi connectivity index (χ1v) is 7.50. The zero-order valence-electron chi connectivity index (χ0n) is 13.2. The number of carbonyl (C=O) groups excluding carboxylic acids is 2. The molecule has 25 heavy (non-hydrogen) atoms. The van der Waals surface area contributed by atoms with Crippen LogP contribution in [-0.2, 0) is 9.59 Å². The van der Waals surface area contributed by atoms with E-state index in [4.69, 9.17) is 0 Å². The van der Waals surface area contributed by atoms with Crippen LogP contribution in [0.1, 0.15) is 37.8 Å². The Morgan fingerprint density at radius 2 is 1.92 bits per heavy atom. The van der Waals surface area contributed by atoms with Crippen LogP contribution >= 0.6 is 0 Å². The van der Waals surface area contributed by atoms with Crippen LogP contribution in [-0.4, -0.2) is 24.5 Å². The lowest BCUT2D eigenvalue weighted by atomic mass is 9.98. The molecule has 2 rings (SSSR count). The third kappa shape index (κ3) is 4.90. The minimum absolute atomic E-state index is 0.0587. The number of amides is 1. The van der Waals surface area contributed by atoms with Crippen LogP contribution in [0.4, 0.5) is 22.0 Å². The molecule has 1 aliphatic carbocycles. The second kappa shape index (κ2) is 6.97. The van der Waals surface area contributed by atoms with Gasteiger partial charge in [0.1, 0.15) is 5.75 Å². The molecular weight excluding hydrogens is 349 g/mol. The Hall–Kier alpha value is -2.19. The van der Waals surface area contributed by atoms with E-state index >= 15 is 0 Å². The van der Waals surface area contributed by atoms with Crippen molar-refractivity contribution >= 4 is 11.7 Å². The Morgan fingerprint density at radius 1 is 1.28 bits per heavy atom. The summed E-state index contributed by atoms with van der Waals surface area (Å²) in [7, 11) is 0. The highest BCUT2D eigenvalue weighted by atomic mass is 19.4. The summed E-state index contributed by atoms with van der Waals surface area (Å²) in [6.45, 7) is 1.50. The molecule has 9 heteroatoms. The van der Waals surface area contributed by atoms with Gasteiger partial charge >= 0.3 is 6.36 Å². The second-order valence-electron chi connectivity index (χ2n) is 5.97. The van der Waals surface area contributed by atoms with Crippen molar-refractivity contribution in [2.45, 2.75) is 45.0 Å². The van der Waals surface area contributed by atoms with Gasteiger partial charge in [0.25, 0.3) is 6.43 Å². The zero-order valence-corrected chi connectivity index (χ0v) is 13.2. The molecule has 1 saturated carbocycles. The van der Waals surface area contributed by atoms with Gasteiger partial charge in [0.2, 0.25) is 5.91 Å². The lowest BCUT2D eigenvalue weighted by Crippen LogP contribution is -2.33. The molecule has 138 valence electrons. The summed E-state index contributed by atoms with van der Waals surface area (Å²) in [6, 6.07) is 4.27. The molecule has 1 amide bonds. The topological polar surface area (TPSA) is 55.4 Å². The minimum Gasteiger partial charge on any atom is -0.406 e. The summed E-state index contributed by atoms with van der Waals surface area (Å²) in [5, 5.41) is 2.41. The van der Waals surface area contributed by atoms with Crippen molar-refractivity contribution in [2.75, 3.05) is 0 Å². The van der Waals surface area contributed by atoms with Gasteiger partial charge in [-0.25, -0.2) is 8.78 Å². The number of hydrogen-bond donors (Lipinski definition) is 1. The van der Waals surface area contributed by atoms with Gasteiger partial charge in [-0.15, -0.1) is 13.2 Å². The van der Waals surface area contributed by atoms with Crippen molar-refractivity contribution in [2.24, 2.45) is 5.41 Å². The lowest BCUT2D eigenvalue weighted by molar-refractivity contribution is -0.274. The van der Waals surface area contributed by atoms with E-state index in [2.05, 4.69) is 10.1 Å². The van der Waals surface area contributed by atoms with Gasteiger partial charge in [0.05, 0.1) is 17.9 Å². The molecule has 1 aliphatic rings. The van der Waals surface area contributed by atoms with Gasteiger partial charge in [-0.1, -0.05) is 12.1 Å². The number of ether oxygens (including phenoxy) is 1. The molecule has 0 aromatic heterocycles. The van der Waals surface area contributed by atoms with Crippen LogP contribution in [0.3, 0.4) is 0 Å². The SMILES string of the molecule is CC(NC(=O)CC(=O)C1(C(F)F)CC1)c1cccc(OC(F)(F)F)c1. The van der Waals surface area contributed by atoms with Crippen molar-refractivity contribution in [3.8, 4) is 5.75 Å². The normalized spacial score (nSPS) is 17.1. The molecule has 1 aromatic carbocycles. The molecule has 4 nitrogen and oxygen atoms in total. The fourth-order valence-electron chi connectivity index (χ4n) is 2.43. The van der Waals surface area contributed by atoms with Crippen LogP contribution in [0.25, 0.3) is 0 Å². The summed E-state index contributed by atoms with van der Waals surface area (Å²) >= 11 is 0. The average molecular weight is 365 g/mol. The lowest BCUT2D eigenvalue weighted by Gasteiger charge is -2.17. The molecule has 0 saturated heterocycles. The molecule has 1 aromatic rings. The first kappa shape index (κ1) is 19.1. The first-order chi connectivity index (χ1) is 11.5. The number of alkyl halides is 5. The standard InChI is InChI=1S/C16H16F5NO3/c1-9(10-3-2-4-11(7-10)25-16(19,20)21)22-13(24)8-12(23)15(5-6-15)14(17)18/h2-4,7,9,14H,5-6,8H2,1H3,(H,22,24). The van der Waals surface area contributed by atoms with E-state index in [0.29, 0.717) is 5.56 Å². The molecule has 0 aliphatic heterocycles. The third-order valence-electron chi connectivity index (χ3n) is 4.05. The average Bonchev–Trinajstić information content (AvgIpc) is 3.27. The molecule has 1 N–H and O–H groups in total. The molecule has 0 spiro atoms. The minimum atomic E-state index is -4.84. The molecule has 0 bridgehead atoms. The Labute approximate surface area is 140 Å². The highest BCUT2D eigenvalue weighted by Crippen LogP contribution is 2.52. The number of halogens is 5. The second-order valence-corrected chi connectivity index (χ2v) is 5.97. The Kier molecular flexibility index (Phi) is 5.34. The fraction of sp³-hybridized carbons (Fsp3) is 0.500. The maximum absolute atomic E-state index is 12.8. The number of benzene rings is 1. The predicted molar refractivity (Wildman–Crippen MR) is 77.0 cm³/mol. The molecule has 1 fully saturated rings. The van der Waals surface area contributed by atoms with Crippen molar-refractivity contribution in [3.05, 3.63) is 29.8 Å². The highest BCUT2D eigenvalue weighted by molar-refractivity contribution is 6.02. The van der Waals surface area contributed by atoms with Crippen LogP contribution in [0, 0.1) is 5.41 Å². The number of Topliss-reactive ketones (excluding diaryl/α,β-unsaturated/α-hetero) is 1. The summed E-state index contributed by atoms with van der Waals surface area (Å²) in [5.74, 6) is -2.02. The maximum Gasteiger partial charge on any atom is 0.573 e. The van der Waals surface area contributed by atoms with E-state index in [1.165, 1.54) is 19.1 Å². The van der Waals surface area contributed by atoms with Crippen molar-refractivity contribution in [3.63, 3.8) is 0 Å². The smallest absolute Gasteiger partial charge is 0.406 e. The Balaban J connectivity index is 1.95. The fourth-order valence-corrected chi connectivity index (χ4v) is 2.43. The number of nitrogens with one attached hydrogen (secondary N) is 1. The van der Waals surface area contributed by atoms with E-state index in [9.17, 15) is 31.5 Å². The molecule has 0 radical (unpaired) electrons. The quantitative estimate of drug-likeness (QED) is 0.591. The number of rotatable bonds is 7. The van der Waals surface area contributed by atoms with Gasteiger partial charge in [-0.05, 0) is 37.5 Å². The summed E-state index contributed by atoms with van der Waals surface area (Å²) in [5.41, 5.74) is -1.39. The van der Waals surface area contributed by atoms with Crippen molar-refractivity contribution in [1.29, 1.82) is 0 Å². The van der Waals surface area contributed by atoms with Crippen LogP contribution in [0.2, 0.25) is 0 Å². The summed E-state index contributed by atoms with van der Waals surface area (Å²) in [4.78, 5) is 23.7. The number of carbonyl (C=O) groups is 2. The number of ketones is 1. The van der Waals surface area contributed by atoms with Crippen molar-refractivity contribution < 1.29 is 36.3 Å². The summed E-state index contributed by atoms with van der Waals surface area (Å²) in [6.07, 6.45) is -8.22. The van der Waals surface area contributed by atoms with E-state index < -0.39 is 48.1 Å². The van der Waals surface area contributed by atoms with Gasteiger partial charge < -0.3 is 10.1 Å². The summed E-state index contributed by atoms with van der Waals surface area (Å²) < 4.78 is 66.1.